The van der Waals surface area contributed by atoms with Crippen LogP contribution in [-0.2, 0) is 20.8 Å². The van der Waals surface area contributed by atoms with Crippen molar-refractivity contribution in [3.63, 3.8) is 0 Å². The zero-order valence-corrected chi connectivity index (χ0v) is 10.1. The molecule has 2 aromatic rings. The molecule has 0 unspecified atom stereocenters. The summed E-state index contributed by atoms with van der Waals surface area (Å²) in [7, 11) is 9.87. The van der Waals surface area contributed by atoms with Crippen LogP contribution in [0.3, 0.4) is 0 Å². The molecule has 0 aliphatic rings. The topological polar surface area (TPSA) is 15.8 Å². The first-order valence-electron chi connectivity index (χ1n) is 3.28. The zero-order chi connectivity index (χ0) is 8.81. The monoisotopic (exact) mass is 276 g/mol. The molecule has 0 spiro atoms. The number of para-hydroxylation sites is 1. The summed E-state index contributed by atoms with van der Waals surface area (Å²) in [5, 5.41) is 1.15. The van der Waals surface area contributed by atoms with Gasteiger partial charge in [-0.1, -0.05) is 23.8 Å². The molecular formula is C8H6Cl2NZr-. The Morgan fingerprint density at radius 3 is 2.58 bits per heavy atom. The summed E-state index contributed by atoms with van der Waals surface area (Å²) in [6.07, 6.45) is 1.82. The number of aromatic amines is 1. The molecule has 0 saturated carbocycles. The Kier molecular flexibility index (Phi) is 4.98. The van der Waals surface area contributed by atoms with E-state index in [1.54, 1.807) is 0 Å². The Morgan fingerprint density at radius 2 is 1.92 bits per heavy atom. The zero-order valence-electron chi connectivity index (χ0n) is 6.14. The van der Waals surface area contributed by atoms with Gasteiger partial charge >= 0.3 is 37.9 Å². The van der Waals surface area contributed by atoms with Crippen molar-refractivity contribution in [3.8, 4) is 0 Å². The van der Waals surface area contributed by atoms with E-state index in [0.29, 0.717) is 0 Å². The number of hydrogen-bond acceptors (Lipinski definition) is 0. The first-order valence-corrected chi connectivity index (χ1v) is 9.61. The van der Waals surface area contributed by atoms with Crippen LogP contribution in [0, 0.1) is 6.07 Å². The molecule has 0 fully saturated rings. The Bertz CT molecular complexity index is 304. The summed E-state index contributed by atoms with van der Waals surface area (Å²) in [6.45, 7) is 0. The third-order valence-electron chi connectivity index (χ3n) is 1.38. The van der Waals surface area contributed by atoms with E-state index in [1.807, 2.05) is 30.5 Å². The van der Waals surface area contributed by atoms with Crippen molar-refractivity contribution in [1.82, 2.24) is 4.98 Å². The molecule has 1 aromatic heterocycles. The van der Waals surface area contributed by atoms with E-state index in [2.05, 4.69) is 11.1 Å². The van der Waals surface area contributed by atoms with Crippen LogP contribution in [0.5, 0.6) is 0 Å². The normalized spacial score (nSPS) is 8.83. The van der Waals surface area contributed by atoms with Crippen molar-refractivity contribution in [1.29, 1.82) is 0 Å². The van der Waals surface area contributed by atoms with Gasteiger partial charge in [0.25, 0.3) is 0 Å². The van der Waals surface area contributed by atoms with Gasteiger partial charge in [-0.3, -0.25) is 0 Å². The molecule has 62 valence electrons. The van der Waals surface area contributed by atoms with Crippen LogP contribution in [-0.4, -0.2) is 4.98 Å². The molecule has 0 bridgehead atoms. The van der Waals surface area contributed by atoms with Crippen LogP contribution in [0.1, 0.15) is 0 Å². The van der Waals surface area contributed by atoms with Crippen molar-refractivity contribution in [2.75, 3.05) is 0 Å². The van der Waals surface area contributed by atoms with Crippen LogP contribution in [0.25, 0.3) is 10.9 Å². The van der Waals surface area contributed by atoms with Gasteiger partial charge in [-0.2, -0.15) is 17.5 Å². The predicted octanol–water partition coefficient (Wildman–Crippen LogP) is 3.34. The molecular weight excluding hydrogens is 272 g/mol. The number of benzene rings is 1. The number of H-pyrrole nitrogens is 1. The van der Waals surface area contributed by atoms with Gasteiger partial charge in [0.15, 0.2) is 0 Å². The van der Waals surface area contributed by atoms with Crippen molar-refractivity contribution in [2.45, 2.75) is 0 Å². The fourth-order valence-electron chi connectivity index (χ4n) is 0.926. The van der Waals surface area contributed by atoms with Crippen LogP contribution in [0.4, 0.5) is 0 Å². The third-order valence-corrected chi connectivity index (χ3v) is 1.38. The standard InChI is InChI=1S/C8H6N.2ClH.Zr/c1-2-4-8-7(3-1)5-6-9-8;;;/h1-4,6,9H;2*1H;/q-1;;;+2/p-2. The minimum absolute atomic E-state index is 0.826. The van der Waals surface area contributed by atoms with Crippen LogP contribution >= 0.6 is 17.0 Å². The maximum absolute atomic E-state index is 4.93. The first-order chi connectivity index (χ1) is 5.88. The Balaban J connectivity index is 0.000000213. The Morgan fingerprint density at radius 1 is 1.25 bits per heavy atom. The average molecular weight is 278 g/mol. The molecule has 1 nitrogen and oxygen atoms in total. The number of rotatable bonds is 0. The molecule has 2 rings (SSSR count). The number of aromatic nitrogens is 1. The summed E-state index contributed by atoms with van der Waals surface area (Å²) in [5.74, 6) is 0. The maximum Gasteiger partial charge on any atom is -0.0662 e. The molecule has 1 heterocycles. The van der Waals surface area contributed by atoms with Gasteiger partial charge in [-0.05, 0) is 0 Å². The quantitative estimate of drug-likeness (QED) is 0.711. The largest absolute Gasteiger partial charge is 0.424 e. The van der Waals surface area contributed by atoms with E-state index in [4.69, 9.17) is 17.0 Å². The van der Waals surface area contributed by atoms with Crippen molar-refractivity contribution in [2.24, 2.45) is 0 Å². The van der Waals surface area contributed by atoms with Crippen molar-refractivity contribution in [3.05, 3.63) is 36.5 Å². The minimum Gasteiger partial charge on any atom is -0.424 e. The summed E-state index contributed by atoms with van der Waals surface area (Å²) in [6, 6.07) is 11.1. The van der Waals surface area contributed by atoms with Crippen molar-refractivity contribution >= 4 is 27.9 Å². The van der Waals surface area contributed by atoms with Gasteiger partial charge < -0.3 is 4.98 Å². The van der Waals surface area contributed by atoms with Gasteiger partial charge in [-0.15, -0.1) is 6.07 Å². The maximum atomic E-state index is 4.93. The van der Waals surface area contributed by atoms with E-state index < -0.39 is 20.8 Å². The van der Waals surface area contributed by atoms with E-state index >= 15 is 0 Å². The van der Waals surface area contributed by atoms with E-state index in [-0.39, 0.29) is 0 Å². The SMILES string of the molecule is [Cl][Zr][Cl].[c-]1c[nH]c2ccccc12. The predicted molar refractivity (Wildman–Crippen MR) is 48.8 cm³/mol. The molecule has 0 atom stereocenters. The fourth-order valence-corrected chi connectivity index (χ4v) is 0.926. The summed E-state index contributed by atoms with van der Waals surface area (Å²) >= 11 is -0.826. The van der Waals surface area contributed by atoms with E-state index in [1.165, 1.54) is 0 Å². The van der Waals surface area contributed by atoms with E-state index in [0.717, 1.165) is 10.9 Å². The minimum atomic E-state index is -0.826. The van der Waals surface area contributed by atoms with Crippen LogP contribution in [0.15, 0.2) is 30.5 Å². The number of nitrogens with one attached hydrogen (secondary N) is 1. The third kappa shape index (κ3) is 2.93. The molecule has 4 heteroatoms. The van der Waals surface area contributed by atoms with Crippen LogP contribution in [0.2, 0.25) is 0 Å². The molecule has 0 saturated heterocycles. The molecule has 0 radical (unpaired) electrons. The second-order valence-electron chi connectivity index (χ2n) is 2.05. The van der Waals surface area contributed by atoms with Gasteiger partial charge in [0, 0.05) is 0 Å². The summed E-state index contributed by atoms with van der Waals surface area (Å²) in [5.41, 5.74) is 1.15. The van der Waals surface area contributed by atoms with Gasteiger partial charge in [0.1, 0.15) is 0 Å². The molecule has 1 aromatic carbocycles. The molecule has 0 aliphatic heterocycles. The number of halogens is 2. The van der Waals surface area contributed by atoms with E-state index in [9.17, 15) is 0 Å². The summed E-state index contributed by atoms with van der Waals surface area (Å²) < 4.78 is 0. The van der Waals surface area contributed by atoms with Gasteiger partial charge in [0.05, 0.1) is 0 Å². The molecule has 12 heavy (non-hydrogen) atoms. The summed E-state index contributed by atoms with van der Waals surface area (Å²) in [4.78, 5) is 3.06. The second kappa shape index (κ2) is 5.80. The smallest absolute Gasteiger partial charge is 0.0662 e. The number of fused-ring (bicyclic) bond motifs is 1. The number of hydrogen-bond donors (Lipinski definition) is 1. The molecule has 0 aliphatic carbocycles. The Hall–Kier alpha value is 0.223. The van der Waals surface area contributed by atoms with Crippen LogP contribution < -0.4 is 0 Å². The van der Waals surface area contributed by atoms with Gasteiger partial charge in [0.2, 0.25) is 0 Å². The second-order valence-corrected chi connectivity index (χ2v) is 5.78. The molecule has 0 amide bonds. The van der Waals surface area contributed by atoms with Gasteiger partial charge in [-0.25, -0.2) is 0 Å². The molecule has 1 N–H and O–H groups in total. The fraction of sp³-hybridized carbons (Fsp3) is 0. The van der Waals surface area contributed by atoms with Crippen molar-refractivity contribution < 1.29 is 20.8 Å². The first kappa shape index (κ1) is 10.3. The Labute approximate surface area is 89.7 Å². The average Bonchev–Trinajstić information content (AvgIpc) is 2.52.